The fourth-order valence-corrected chi connectivity index (χ4v) is 3.32. The van der Waals surface area contributed by atoms with Crippen LogP contribution in [0.4, 0.5) is 23.5 Å². The first-order valence-electron chi connectivity index (χ1n) is 9.73. The van der Waals surface area contributed by atoms with Crippen LogP contribution in [0.5, 0.6) is 0 Å². The number of nitrogens with one attached hydrogen (secondary N) is 2. The molecular weight excluding hydrogens is 374 g/mol. The van der Waals surface area contributed by atoms with Gasteiger partial charge in [0.05, 0.1) is 31.6 Å². The Kier molecular flexibility index (Phi) is 6.01. The molecule has 0 saturated carbocycles. The number of piperazine rings is 1. The highest BCUT2D eigenvalue weighted by molar-refractivity contribution is 5.96. The van der Waals surface area contributed by atoms with Crippen LogP contribution in [0.15, 0.2) is 24.3 Å². The van der Waals surface area contributed by atoms with Crippen molar-refractivity contribution in [2.45, 2.75) is 0 Å². The van der Waals surface area contributed by atoms with Gasteiger partial charge in [0.2, 0.25) is 17.8 Å². The largest absolute Gasteiger partial charge is 0.465 e. The molecule has 2 aromatic rings. The van der Waals surface area contributed by atoms with Crippen molar-refractivity contribution in [3.05, 3.63) is 29.8 Å². The molecule has 0 aliphatic carbocycles. The standard InChI is InChI=1S/C19H25N7O3/c1-28-16(27)14-4-2-3-5-15(14)21-17-22-18(25-8-6-20-7-9-25)24-19(23-17)26-10-12-29-13-11-26/h2-5,20H,6-13H2,1H3,(H,21,22,23,24). The molecule has 2 fully saturated rings. The van der Waals surface area contributed by atoms with Crippen LogP contribution in [0, 0.1) is 0 Å². The third-order valence-corrected chi connectivity index (χ3v) is 4.88. The number of nitrogens with zero attached hydrogens (tertiary/aromatic N) is 5. The third kappa shape index (κ3) is 4.54. The second kappa shape index (κ2) is 9.01. The summed E-state index contributed by atoms with van der Waals surface area (Å²) >= 11 is 0. The van der Waals surface area contributed by atoms with Crippen LogP contribution < -0.4 is 20.4 Å². The number of aromatic nitrogens is 3. The smallest absolute Gasteiger partial charge is 0.339 e. The van der Waals surface area contributed by atoms with Crippen LogP contribution in [0.2, 0.25) is 0 Å². The van der Waals surface area contributed by atoms with E-state index in [1.165, 1.54) is 7.11 Å². The summed E-state index contributed by atoms with van der Waals surface area (Å²) in [5.74, 6) is 1.21. The van der Waals surface area contributed by atoms with E-state index in [2.05, 4.69) is 30.4 Å². The van der Waals surface area contributed by atoms with Crippen LogP contribution in [0.25, 0.3) is 0 Å². The highest BCUT2D eigenvalue weighted by Gasteiger charge is 2.21. The highest BCUT2D eigenvalue weighted by Crippen LogP contribution is 2.23. The Morgan fingerprint density at radius 2 is 1.69 bits per heavy atom. The number of morpholine rings is 1. The fourth-order valence-electron chi connectivity index (χ4n) is 3.32. The summed E-state index contributed by atoms with van der Waals surface area (Å²) in [4.78, 5) is 30.3. The van der Waals surface area contributed by atoms with Crippen molar-refractivity contribution in [3.63, 3.8) is 0 Å². The maximum Gasteiger partial charge on any atom is 0.339 e. The Bertz CT molecular complexity index is 815. The first-order chi connectivity index (χ1) is 14.2. The average molecular weight is 399 g/mol. The number of hydrogen-bond donors (Lipinski definition) is 2. The normalized spacial score (nSPS) is 17.1. The monoisotopic (exact) mass is 399 g/mol. The summed E-state index contributed by atoms with van der Waals surface area (Å²) in [5, 5.41) is 6.52. The van der Waals surface area contributed by atoms with Gasteiger partial charge in [-0.25, -0.2) is 4.79 Å². The molecule has 154 valence electrons. The molecule has 1 aromatic heterocycles. The van der Waals surface area contributed by atoms with Crippen molar-refractivity contribution in [2.24, 2.45) is 0 Å². The van der Waals surface area contributed by atoms with Gasteiger partial charge in [0.25, 0.3) is 0 Å². The van der Waals surface area contributed by atoms with Crippen LogP contribution in [0.3, 0.4) is 0 Å². The lowest BCUT2D eigenvalue weighted by molar-refractivity contribution is 0.0602. The maximum absolute atomic E-state index is 12.1. The van der Waals surface area contributed by atoms with E-state index in [4.69, 9.17) is 14.5 Å². The van der Waals surface area contributed by atoms with Gasteiger partial charge in [0, 0.05) is 39.3 Å². The van der Waals surface area contributed by atoms with E-state index in [9.17, 15) is 4.79 Å². The van der Waals surface area contributed by atoms with Gasteiger partial charge in [-0.1, -0.05) is 12.1 Å². The van der Waals surface area contributed by atoms with Crippen molar-refractivity contribution >= 4 is 29.5 Å². The van der Waals surface area contributed by atoms with Gasteiger partial charge >= 0.3 is 5.97 Å². The molecule has 2 N–H and O–H groups in total. The molecule has 0 atom stereocenters. The summed E-state index contributed by atoms with van der Waals surface area (Å²) in [6.07, 6.45) is 0. The van der Waals surface area contributed by atoms with Crippen molar-refractivity contribution in [1.82, 2.24) is 20.3 Å². The van der Waals surface area contributed by atoms with E-state index in [1.807, 2.05) is 6.07 Å². The first-order valence-corrected chi connectivity index (χ1v) is 9.73. The second-order valence-electron chi connectivity index (χ2n) is 6.76. The molecule has 10 nitrogen and oxygen atoms in total. The third-order valence-electron chi connectivity index (χ3n) is 4.88. The maximum atomic E-state index is 12.1. The molecule has 2 aliphatic rings. The van der Waals surface area contributed by atoms with Gasteiger partial charge in [0.15, 0.2) is 0 Å². The molecule has 1 aromatic carbocycles. The Hall–Kier alpha value is -2.98. The molecule has 4 rings (SSSR count). The van der Waals surface area contributed by atoms with E-state index >= 15 is 0 Å². The summed E-state index contributed by atoms with van der Waals surface area (Å²) < 4.78 is 10.3. The van der Waals surface area contributed by atoms with Gasteiger partial charge in [-0.2, -0.15) is 15.0 Å². The van der Waals surface area contributed by atoms with Gasteiger partial charge in [-0.15, -0.1) is 0 Å². The van der Waals surface area contributed by atoms with E-state index in [-0.39, 0.29) is 0 Å². The molecule has 0 spiro atoms. The minimum absolute atomic E-state index is 0.395. The number of esters is 1. The number of carbonyl (C=O) groups is 1. The predicted octanol–water partition coefficient (Wildman–Crippen LogP) is 0.648. The number of methoxy groups -OCH3 is 1. The van der Waals surface area contributed by atoms with Gasteiger partial charge in [-0.05, 0) is 12.1 Å². The van der Waals surface area contributed by atoms with E-state index in [1.54, 1.807) is 18.2 Å². The lowest BCUT2D eigenvalue weighted by Crippen LogP contribution is -2.44. The second-order valence-corrected chi connectivity index (χ2v) is 6.76. The molecule has 0 bridgehead atoms. The first kappa shape index (κ1) is 19.3. The van der Waals surface area contributed by atoms with Crippen molar-refractivity contribution in [2.75, 3.05) is 74.7 Å². The predicted molar refractivity (Wildman–Crippen MR) is 109 cm³/mol. The lowest BCUT2D eigenvalue weighted by atomic mass is 10.2. The zero-order chi connectivity index (χ0) is 20.1. The molecule has 0 amide bonds. The summed E-state index contributed by atoms with van der Waals surface area (Å²) in [5.41, 5.74) is 1.01. The van der Waals surface area contributed by atoms with E-state index < -0.39 is 5.97 Å². The number of ether oxygens (including phenoxy) is 2. The molecule has 0 radical (unpaired) electrons. The number of hydrogen-bond acceptors (Lipinski definition) is 10. The van der Waals surface area contributed by atoms with Crippen molar-refractivity contribution < 1.29 is 14.3 Å². The van der Waals surface area contributed by atoms with Gasteiger partial charge < -0.3 is 29.9 Å². The number of para-hydroxylation sites is 1. The summed E-state index contributed by atoms with van der Waals surface area (Å²) in [7, 11) is 1.36. The fraction of sp³-hybridized carbons (Fsp3) is 0.474. The van der Waals surface area contributed by atoms with E-state index in [0.29, 0.717) is 42.3 Å². The minimum Gasteiger partial charge on any atom is -0.465 e. The summed E-state index contributed by atoms with van der Waals surface area (Å²) in [6.45, 7) is 6.14. The van der Waals surface area contributed by atoms with Crippen LogP contribution in [-0.4, -0.2) is 80.5 Å². The Morgan fingerprint density at radius 1 is 1.03 bits per heavy atom. The number of benzene rings is 1. The molecule has 10 heteroatoms. The molecular formula is C19H25N7O3. The quantitative estimate of drug-likeness (QED) is 0.696. The SMILES string of the molecule is COC(=O)c1ccccc1Nc1nc(N2CCNCC2)nc(N2CCOCC2)n1. The molecule has 3 heterocycles. The topological polar surface area (TPSA) is 105 Å². The van der Waals surface area contributed by atoms with Crippen LogP contribution in [0.1, 0.15) is 10.4 Å². The number of carbonyl (C=O) groups excluding carboxylic acids is 1. The Labute approximate surface area is 169 Å². The zero-order valence-electron chi connectivity index (χ0n) is 16.4. The lowest BCUT2D eigenvalue weighted by Gasteiger charge is -2.30. The van der Waals surface area contributed by atoms with Crippen LogP contribution in [-0.2, 0) is 9.47 Å². The van der Waals surface area contributed by atoms with Gasteiger partial charge in [0.1, 0.15) is 0 Å². The van der Waals surface area contributed by atoms with Gasteiger partial charge in [-0.3, -0.25) is 0 Å². The van der Waals surface area contributed by atoms with Crippen LogP contribution >= 0.6 is 0 Å². The molecule has 29 heavy (non-hydrogen) atoms. The zero-order valence-corrected chi connectivity index (χ0v) is 16.4. The highest BCUT2D eigenvalue weighted by atomic mass is 16.5. The molecule has 2 aliphatic heterocycles. The average Bonchev–Trinajstić information content (AvgIpc) is 2.80. The van der Waals surface area contributed by atoms with E-state index in [0.717, 1.165) is 39.3 Å². The summed E-state index contributed by atoms with van der Waals surface area (Å²) in [6, 6.07) is 7.14. The van der Waals surface area contributed by atoms with Crippen molar-refractivity contribution in [3.8, 4) is 0 Å². The molecule has 0 unspecified atom stereocenters. The number of anilines is 4. The Morgan fingerprint density at radius 3 is 2.38 bits per heavy atom. The molecule has 2 saturated heterocycles. The number of rotatable bonds is 5. The van der Waals surface area contributed by atoms with Crippen molar-refractivity contribution in [1.29, 1.82) is 0 Å². The Balaban J connectivity index is 1.67. The minimum atomic E-state index is -0.419.